The zero-order valence-electron chi connectivity index (χ0n) is 12.7. The first-order valence-electron chi connectivity index (χ1n) is 7.34. The summed E-state index contributed by atoms with van der Waals surface area (Å²) in [6.07, 6.45) is 4.76. The van der Waals surface area contributed by atoms with Crippen molar-refractivity contribution in [3.05, 3.63) is 66.2 Å². The normalized spacial score (nSPS) is 11.8. The van der Waals surface area contributed by atoms with E-state index in [1.165, 1.54) is 12.4 Å². The van der Waals surface area contributed by atoms with E-state index in [4.69, 9.17) is 5.73 Å². The maximum Gasteiger partial charge on any atom is 0.252 e. The third kappa shape index (κ3) is 3.52. The summed E-state index contributed by atoms with van der Waals surface area (Å²) in [5.41, 5.74) is 7.87. The molecule has 3 N–H and O–H groups in total. The second kappa shape index (κ2) is 6.82. The van der Waals surface area contributed by atoms with Gasteiger partial charge >= 0.3 is 0 Å². The summed E-state index contributed by atoms with van der Waals surface area (Å²) in [5.74, 6) is -1.03. The average Bonchev–Trinajstić information content (AvgIpc) is 2.61. The highest BCUT2D eigenvalue weighted by Crippen LogP contribution is 2.10. The highest BCUT2D eigenvalue weighted by Gasteiger charge is 2.20. The van der Waals surface area contributed by atoms with Gasteiger partial charge in [-0.05, 0) is 24.3 Å². The molecule has 0 saturated carbocycles. The van der Waals surface area contributed by atoms with Crippen LogP contribution < -0.4 is 11.1 Å². The SMILES string of the molecule is NC(=O)[C@H](Cc1cnc2ccccc2n1)NC(=O)c1ccncc1. The van der Waals surface area contributed by atoms with Gasteiger partial charge < -0.3 is 11.1 Å². The van der Waals surface area contributed by atoms with Crippen molar-refractivity contribution in [3.63, 3.8) is 0 Å². The van der Waals surface area contributed by atoms with E-state index in [0.717, 1.165) is 11.0 Å². The monoisotopic (exact) mass is 321 g/mol. The largest absolute Gasteiger partial charge is 0.368 e. The number of hydrogen-bond acceptors (Lipinski definition) is 5. The minimum absolute atomic E-state index is 0.171. The summed E-state index contributed by atoms with van der Waals surface area (Å²) in [5, 5.41) is 2.62. The van der Waals surface area contributed by atoms with Gasteiger partial charge in [0.1, 0.15) is 6.04 Å². The summed E-state index contributed by atoms with van der Waals surface area (Å²) >= 11 is 0. The summed E-state index contributed by atoms with van der Waals surface area (Å²) in [6, 6.07) is 9.66. The summed E-state index contributed by atoms with van der Waals surface area (Å²) < 4.78 is 0. The van der Waals surface area contributed by atoms with Crippen LogP contribution in [0.4, 0.5) is 0 Å². The van der Waals surface area contributed by atoms with Crippen LogP contribution in [0.15, 0.2) is 55.0 Å². The van der Waals surface area contributed by atoms with Gasteiger partial charge in [0.2, 0.25) is 5.91 Å². The number of carbonyl (C=O) groups excluding carboxylic acids is 2. The lowest BCUT2D eigenvalue weighted by molar-refractivity contribution is -0.119. The molecule has 120 valence electrons. The molecule has 3 aromatic rings. The van der Waals surface area contributed by atoms with Crippen molar-refractivity contribution in [2.24, 2.45) is 5.73 Å². The molecule has 1 aromatic carbocycles. The van der Waals surface area contributed by atoms with E-state index < -0.39 is 17.9 Å². The van der Waals surface area contributed by atoms with Crippen LogP contribution in [0.2, 0.25) is 0 Å². The van der Waals surface area contributed by atoms with E-state index in [1.807, 2.05) is 24.3 Å². The summed E-state index contributed by atoms with van der Waals surface area (Å²) in [7, 11) is 0. The van der Waals surface area contributed by atoms with Crippen molar-refractivity contribution in [1.82, 2.24) is 20.3 Å². The average molecular weight is 321 g/mol. The molecule has 0 bridgehead atoms. The van der Waals surface area contributed by atoms with Crippen molar-refractivity contribution in [2.45, 2.75) is 12.5 Å². The Hall–Kier alpha value is -3.35. The van der Waals surface area contributed by atoms with Gasteiger partial charge in [-0.3, -0.25) is 19.6 Å². The molecule has 0 saturated heterocycles. The molecule has 2 aromatic heterocycles. The number of fused-ring (bicyclic) bond motifs is 1. The van der Waals surface area contributed by atoms with Crippen LogP contribution in [-0.4, -0.2) is 32.8 Å². The molecular weight excluding hydrogens is 306 g/mol. The molecule has 0 aliphatic carbocycles. The highest BCUT2D eigenvalue weighted by atomic mass is 16.2. The topological polar surface area (TPSA) is 111 Å². The number of nitrogens with zero attached hydrogens (tertiary/aromatic N) is 3. The van der Waals surface area contributed by atoms with E-state index in [0.29, 0.717) is 11.3 Å². The molecule has 0 spiro atoms. The van der Waals surface area contributed by atoms with E-state index >= 15 is 0 Å². The lowest BCUT2D eigenvalue weighted by atomic mass is 10.1. The molecule has 2 amide bonds. The van der Waals surface area contributed by atoms with Gasteiger partial charge in [-0.2, -0.15) is 0 Å². The first-order valence-corrected chi connectivity index (χ1v) is 7.34. The van der Waals surface area contributed by atoms with Gasteiger partial charge in [0.15, 0.2) is 0 Å². The third-order valence-corrected chi connectivity index (χ3v) is 3.50. The van der Waals surface area contributed by atoms with Crippen LogP contribution in [0.1, 0.15) is 16.1 Å². The first kappa shape index (κ1) is 15.5. The second-order valence-corrected chi connectivity index (χ2v) is 5.22. The van der Waals surface area contributed by atoms with Crippen LogP contribution in [0.3, 0.4) is 0 Å². The molecule has 3 rings (SSSR count). The van der Waals surface area contributed by atoms with Crippen LogP contribution in [0, 0.1) is 0 Å². The van der Waals surface area contributed by atoms with Gasteiger partial charge in [-0.15, -0.1) is 0 Å². The molecule has 0 unspecified atom stereocenters. The van der Waals surface area contributed by atoms with Gasteiger partial charge in [0, 0.05) is 30.6 Å². The number of hydrogen-bond donors (Lipinski definition) is 2. The second-order valence-electron chi connectivity index (χ2n) is 5.22. The fourth-order valence-corrected chi connectivity index (χ4v) is 2.27. The Morgan fingerprint density at radius 1 is 1.08 bits per heavy atom. The maximum atomic E-state index is 12.2. The number of benzene rings is 1. The van der Waals surface area contributed by atoms with Crippen LogP contribution in [0.5, 0.6) is 0 Å². The molecule has 1 atom stereocenters. The number of primary amides is 1. The molecular formula is C17H15N5O2. The van der Waals surface area contributed by atoms with Gasteiger partial charge in [0.25, 0.3) is 5.91 Å². The fourth-order valence-electron chi connectivity index (χ4n) is 2.27. The number of rotatable bonds is 5. The van der Waals surface area contributed by atoms with Gasteiger partial charge in [-0.1, -0.05) is 12.1 Å². The number of para-hydroxylation sites is 2. The van der Waals surface area contributed by atoms with E-state index in [-0.39, 0.29) is 6.42 Å². The predicted molar refractivity (Wildman–Crippen MR) is 87.9 cm³/mol. The number of pyridine rings is 1. The van der Waals surface area contributed by atoms with Gasteiger partial charge in [-0.25, -0.2) is 4.98 Å². The number of nitrogens with one attached hydrogen (secondary N) is 1. The Kier molecular flexibility index (Phi) is 4.42. The molecule has 2 heterocycles. The number of nitrogens with two attached hydrogens (primary N) is 1. The Balaban J connectivity index is 1.78. The van der Waals surface area contributed by atoms with Gasteiger partial charge in [0.05, 0.1) is 16.7 Å². The van der Waals surface area contributed by atoms with E-state index in [2.05, 4.69) is 20.3 Å². The van der Waals surface area contributed by atoms with Crippen molar-refractivity contribution >= 4 is 22.8 Å². The first-order chi connectivity index (χ1) is 11.6. The zero-order valence-corrected chi connectivity index (χ0v) is 12.7. The standard InChI is InChI=1S/C17H15N5O2/c18-16(23)15(22-17(24)11-5-7-19-8-6-11)9-12-10-20-13-3-1-2-4-14(13)21-12/h1-8,10,15H,9H2,(H2,18,23)(H,22,24)/t15-/m0/s1. The van der Waals surface area contributed by atoms with Crippen LogP contribution >= 0.6 is 0 Å². The maximum absolute atomic E-state index is 12.2. The van der Waals surface area contributed by atoms with E-state index in [9.17, 15) is 9.59 Å². The minimum Gasteiger partial charge on any atom is -0.368 e. The molecule has 0 aliphatic heterocycles. The Labute approximate surface area is 138 Å². The van der Waals surface area contributed by atoms with Crippen molar-refractivity contribution in [1.29, 1.82) is 0 Å². The fraction of sp³-hybridized carbons (Fsp3) is 0.118. The molecule has 7 heteroatoms. The molecule has 0 aliphatic rings. The number of amides is 2. The Morgan fingerprint density at radius 2 is 1.79 bits per heavy atom. The lowest BCUT2D eigenvalue weighted by Crippen LogP contribution is -2.46. The van der Waals surface area contributed by atoms with E-state index in [1.54, 1.807) is 18.3 Å². The highest BCUT2D eigenvalue weighted by molar-refractivity contribution is 5.97. The van der Waals surface area contributed by atoms with Crippen LogP contribution in [0.25, 0.3) is 11.0 Å². The van der Waals surface area contributed by atoms with Crippen molar-refractivity contribution in [2.75, 3.05) is 0 Å². The summed E-state index contributed by atoms with van der Waals surface area (Å²) in [6.45, 7) is 0. The smallest absolute Gasteiger partial charge is 0.252 e. The minimum atomic E-state index is -0.874. The van der Waals surface area contributed by atoms with Crippen molar-refractivity contribution in [3.8, 4) is 0 Å². The molecule has 7 nitrogen and oxygen atoms in total. The molecule has 24 heavy (non-hydrogen) atoms. The Morgan fingerprint density at radius 3 is 2.50 bits per heavy atom. The van der Waals surface area contributed by atoms with Crippen molar-refractivity contribution < 1.29 is 9.59 Å². The molecule has 0 fully saturated rings. The molecule has 0 radical (unpaired) electrons. The zero-order chi connectivity index (χ0) is 16.9. The van der Waals surface area contributed by atoms with Crippen LogP contribution in [-0.2, 0) is 11.2 Å². The Bertz CT molecular complexity index is 882. The third-order valence-electron chi connectivity index (χ3n) is 3.50. The number of carbonyl (C=O) groups is 2. The number of aromatic nitrogens is 3. The summed E-state index contributed by atoms with van der Waals surface area (Å²) in [4.78, 5) is 36.5. The lowest BCUT2D eigenvalue weighted by Gasteiger charge is -2.15. The quantitative estimate of drug-likeness (QED) is 0.724. The predicted octanol–water partition coefficient (Wildman–Crippen LogP) is 0.851.